The van der Waals surface area contributed by atoms with E-state index < -0.39 is 5.60 Å². The summed E-state index contributed by atoms with van der Waals surface area (Å²) in [5, 5.41) is 3.86. The van der Waals surface area contributed by atoms with Crippen molar-refractivity contribution in [1.29, 1.82) is 0 Å². The highest BCUT2D eigenvalue weighted by atomic mass is 16.6. The fourth-order valence-corrected chi connectivity index (χ4v) is 6.94. The Kier molecular flexibility index (Phi) is 21.3. The van der Waals surface area contributed by atoms with E-state index in [-0.39, 0.29) is 12.1 Å². The summed E-state index contributed by atoms with van der Waals surface area (Å²) in [4.78, 5) is 14.8. The van der Waals surface area contributed by atoms with Gasteiger partial charge in [-0.15, -0.1) is 0 Å². The predicted octanol–water partition coefficient (Wildman–Crippen LogP) is 11.9. The van der Waals surface area contributed by atoms with E-state index in [1.165, 1.54) is 89.9 Å². The number of hydrogen-bond donors (Lipinski definition) is 1. The smallest absolute Gasteiger partial charge is 0.410 e. The average Bonchev–Trinajstić information content (AvgIpc) is 3.38. The van der Waals surface area contributed by atoms with E-state index >= 15 is 0 Å². The van der Waals surface area contributed by atoms with Crippen molar-refractivity contribution in [1.82, 2.24) is 10.2 Å². The van der Waals surface area contributed by atoms with Crippen LogP contribution in [-0.2, 0) is 4.74 Å². The Bertz CT molecular complexity index is 653. The molecule has 0 aromatic carbocycles. The van der Waals surface area contributed by atoms with E-state index in [1.54, 1.807) is 0 Å². The van der Waals surface area contributed by atoms with E-state index in [2.05, 4.69) is 60.7 Å². The third-order valence-electron chi connectivity index (χ3n) is 9.88. The van der Waals surface area contributed by atoms with Crippen LogP contribution in [-0.4, -0.2) is 42.3 Å². The van der Waals surface area contributed by atoms with E-state index in [0.717, 1.165) is 73.9 Å². The molecule has 1 aliphatic rings. The molecule has 262 valence electrons. The Balaban J connectivity index is 2.76. The lowest BCUT2D eigenvalue weighted by atomic mass is 9.84. The first-order valence-corrected chi connectivity index (χ1v) is 19.4. The van der Waals surface area contributed by atoms with Crippen molar-refractivity contribution in [3.8, 4) is 0 Å². The van der Waals surface area contributed by atoms with Gasteiger partial charge in [-0.2, -0.15) is 0 Å². The Morgan fingerprint density at radius 1 is 0.659 bits per heavy atom. The molecule has 4 heteroatoms. The fraction of sp³-hybridized carbons (Fsp3) is 0.975. The molecule has 1 N–H and O–H groups in total. The van der Waals surface area contributed by atoms with Crippen molar-refractivity contribution in [3.05, 3.63) is 0 Å². The maximum atomic E-state index is 12.8. The van der Waals surface area contributed by atoms with Gasteiger partial charge >= 0.3 is 6.09 Å². The zero-order valence-electron chi connectivity index (χ0n) is 31.8. The Morgan fingerprint density at radius 3 is 1.45 bits per heavy atom. The Morgan fingerprint density at radius 2 is 1.07 bits per heavy atom. The number of ether oxygens (including phenoxy) is 1. The maximum Gasteiger partial charge on any atom is 0.410 e. The van der Waals surface area contributed by atoms with Crippen LogP contribution in [0.5, 0.6) is 0 Å². The topological polar surface area (TPSA) is 41.6 Å². The highest BCUT2D eigenvalue weighted by molar-refractivity contribution is 5.69. The van der Waals surface area contributed by atoms with Gasteiger partial charge < -0.3 is 15.0 Å². The summed E-state index contributed by atoms with van der Waals surface area (Å²) < 4.78 is 5.73. The molecule has 1 heterocycles. The van der Waals surface area contributed by atoms with Crippen LogP contribution in [0, 0.1) is 41.4 Å². The number of carbonyl (C=O) groups is 1. The molecule has 0 aliphatic carbocycles. The summed E-state index contributed by atoms with van der Waals surface area (Å²) in [7, 11) is 0. The summed E-state index contributed by atoms with van der Waals surface area (Å²) in [6.07, 6.45) is 21.4. The molecule has 4 nitrogen and oxygen atoms in total. The van der Waals surface area contributed by atoms with E-state index in [1.807, 2.05) is 25.7 Å². The van der Waals surface area contributed by atoms with Gasteiger partial charge in [0.2, 0.25) is 0 Å². The minimum Gasteiger partial charge on any atom is -0.444 e. The highest BCUT2D eigenvalue weighted by Crippen LogP contribution is 2.29. The monoisotopic (exact) mass is 621 g/mol. The molecular weight excluding hydrogens is 540 g/mol. The van der Waals surface area contributed by atoms with Gasteiger partial charge in [0.15, 0.2) is 0 Å². The van der Waals surface area contributed by atoms with Gasteiger partial charge in [0, 0.05) is 19.1 Å². The lowest BCUT2D eigenvalue weighted by Crippen LogP contribution is -2.44. The fourth-order valence-electron chi connectivity index (χ4n) is 6.94. The summed E-state index contributed by atoms with van der Waals surface area (Å²) in [5.74, 6) is 5.76. The molecule has 1 aliphatic heterocycles. The van der Waals surface area contributed by atoms with Crippen LogP contribution in [0.3, 0.4) is 0 Å². The largest absolute Gasteiger partial charge is 0.444 e. The van der Waals surface area contributed by atoms with Gasteiger partial charge in [-0.25, -0.2) is 4.79 Å². The summed E-state index contributed by atoms with van der Waals surface area (Å²) in [6, 6.07) is 0.262. The summed E-state index contributed by atoms with van der Waals surface area (Å²) in [5.41, 5.74) is -0.437. The quantitative estimate of drug-likeness (QED) is 0.117. The number of nitrogens with zero attached hydrogens (tertiary/aromatic N) is 1. The van der Waals surface area contributed by atoms with E-state index in [4.69, 9.17) is 4.74 Å². The highest BCUT2D eigenvalue weighted by Gasteiger charge is 2.32. The molecule has 1 saturated heterocycles. The minimum absolute atomic E-state index is 0.138. The molecule has 0 aromatic rings. The first kappa shape index (κ1) is 41.3. The molecule has 0 spiro atoms. The van der Waals surface area contributed by atoms with Gasteiger partial charge in [0.05, 0.1) is 0 Å². The first-order valence-electron chi connectivity index (χ1n) is 19.4. The SMILES string of the molecule is CC(C)CCC(CCCC(CCCC(CCC(C)C)CCC(C)C)CNC[C@@H]1CCCN1C(=O)OC(C)(C)C)CCC(C)C. The third-order valence-corrected chi connectivity index (χ3v) is 9.88. The van der Waals surface area contributed by atoms with Crippen LogP contribution in [0.25, 0.3) is 0 Å². The van der Waals surface area contributed by atoms with E-state index in [0.29, 0.717) is 0 Å². The minimum atomic E-state index is -0.437. The molecule has 0 aromatic heterocycles. The second-order valence-electron chi connectivity index (χ2n) is 17.5. The number of rotatable bonds is 24. The van der Waals surface area contributed by atoms with Crippen molar-refractivity contribution in [2.45, 2.75) is 191 Å². The van der Waals surface area contributed by atoms with Crippen LogP contribution >= 0.6 is 0 Å². The van der Waals surface area contributed by atoms with Crippen molar-refractivity contribution >= 4 is 6.09 Å². The first-order chi connectivity index (χ1) is 20.7. The third kappa shape index (κ3) is 21.1. The average molecular weight is 621 g/mol. The lowest BCUT2D eigenvalue weighted by molar-refractivity contribution is 0.0226. The van der Waals surface area contributed by atoms with Crippen molar-refractivity contribution in [3.63, 3.8) is 0 Å². The molecule has 1 rings (SSSR count). The van der Waals surface area contributed by atoms with Gasteiger partial charge in [-0.1, -0.05) is 132 Å². The molecule has 0 unspecified atom stereocenters. The van der Waals surface area contributed by atoms with E-state index in [9.17, 15) is 4.79 Å². The van der Waals surface area contributed by atoms with Gasteiger partial charge in [-0.3, -0.25) is 0 Å². The second-order valence-corrected chi connectivity index (χ2v) is 17.5. The molecule has 0 bridgehead atoms. The van der Waals surface area contributed by atoms with Gasteiger partial charge in [-0.05, 0) is 94.4 Å². The number of carbonyl (C=O) groups excluding carboxylic acids is 1. The molecule has 0 saturated carbocycles. The molecule has 0 radical (unpaired) electrons. The number of nitrogens with one attached hydrogen (secondary N) is 1. The Labute approximate surface area is 277 Å². The van der Waals surface area contributed by atoms with Crippen LogP contribution < -0.4 is 5.32 Å². The number of hydrogen-bond acceptors (Lipinski definition) is 3. The standard InChI is InChI=1S/C40H80N2O2/c1-31(2)20-24-35(25-21-32(3)4)15-12-17-37(18-13-16-36(26-22-33(5)6)27-23-34(7)8)29-41-30-38-19-14-28-42(38)39(43)44-40(9,10)11/h31-38,41H,12-30H2,1-11H3/t38-/m0/s1. The van der Waals surface area contributed by atoms with Crippen molar-refractivity contribution in [2.24, 2.45) is 41.4 Å². The normalized spacial score (nSPS) is 16.3. The van der Waals surface area contributed by atoms with Crippen molar-refractivity contribution in [2.75, 3.05) is 19.6 Å². The van der Waals surface area contributed by atoms with Gasteiger partial charge in [0.25, 0.3) is 0 Å². The lowest BCUT2D eigenvalue weighted by Gasteiger charge is -2.29. The maximum absolute atomic E-state index is 12.8. The summed E-state index contributed by atoms with van der Waals surface area (Å²) in [6.45, 7) is 27.7. The second kappa shape index (κ2) is 22.7. The predicted molar refractivity (Wildman–Crippen MR) is 193 cm³/mol. The molecular formula is C40H80N2O2. The van der Waals surface area contributed by atoms with Crippen molar-refractivity contribution < 1.29 is 9.53 Å². The number of amides is 1. The molecule has 1 fully saturated rings. The van der Waals surface area contributed by atoms with Crippen LogP contribution in [0.4, 0.5) is 4.79 Å². The van der Waals surface area contributed by atoms with Crippen LogP contribution in [0.1, 0.15) is 179 Å². The zero-order valence-corrected chi connectivity index (χ0v) is 31.8. The molecule has 1 atom stereocenters. The molecule has 1 amide bonds. The van der Waals surface area contributed by atoms with Crippen LogP contribution in [0.15, 0.2) is 0 Å². The number of likely N-dealkylation sites (tertiary alicyclic amines) is 1. The van der Waals surface area contributed by atoms with Gasteiger partial charge in [0.1, 0.15) is 5.60 Å². The van der Waals surface area contributed by atoms with Crippen LogP contribution in [0.2, 0.25) is 0 Å². The zero-order chi connectivity index (χ0) is 33.1. The summed E-state index contributed by atoms with van der Waals surface area (Å²) >= 11 is 0. The molecule has 44 heavy (non-hydrogen) atoms. The Hall–Kier alpha value is -0.770.